The van der Waals surface area contributed by atoms with E-state index in [0.717, 1.165) is 23.3 Å². The third-order valence-corrected chi connectivity index (χ3v) is 4.25. The smallest absolute Gasteiger partial charge is 0.341 e. The van der Waals surface area contributed by atoms with Crippen LogP contribution in [0.25, 0.3) is 11.3 Å². The molecule has 0 amide bonds. The molecule has 1 aliphatic rings. The van der Waals surface area contributed by atoms with Crippen LogP contribution < -0.4 is 14.9 Å². The molecule has 1 aromatic carbocycles. The number of carboxylic acid groups (broad SMARTS) is 1. The van der Waals surface area contributed by atoms with Crippen molar-refractivity contribution >= 4 is 5.97 Å². The SMILES string of the molecule is COCCCOc1cc2c(cc1C)-c1cc(=O)c(C(=O)O)cn1CCO2. The number of methoxy groups -OCH3 is 1. The van der Waals surface area contributed by atoms with Crippen molar-refractivity contribution in [3.8, 4) is 22.8 Å². The van der Waals surface area contributed by atoms with Gasteiger partial charge in [0.05, 0.1) is 18.8 Å². The average molecular weight is 359 g/mol. The maximum Gasteiger partial charge on any atom is 0.341 e. The molecule has 0 bridgehead atoms. The van der Waals surface area contributed by atoms with E-state index in [4.69, 9.17) is 19.3 Å². The van der Waals surface area contributed by atoms with Crippen molar-refractivity contribution in [1.29, 1.82) is 0 Å². The number of pyridine rings is 1. The number of nitrogens with zero attached hydrogens (tertiary/aromatic N) is 1. The van der Waals surface area contributed by atoms with Gasteiger partial charge in [-0.25, -0.2) is 4.79 Å². The van der Waals surface area contributed by atoms with Crippen LogP contribution in [0.15, 0.2) is 29.2 Å². The van der Waals surface area contributed by atoms with Crippen molar-refractivity contribution in [2.24, 2.45) is 0 Å². The van der Waals surface area contributed by atoms with E-state index in [2.05, 4.69) is 0 Å². The lowest BCUT2D eigenvalue weighted by Gasteiger charge is -2.15. The van der Waals surface area contributed by atoms with Gasteiger partial charge in [0.1, 0.15) is 23.7 Å². The first-order valence-electron chi connectivity index (χ1n) is 8.38. The highest BCUT2D eigenvalue weighted by molar-refractivity contribution is 5.87. The van der Waals surface area contributed by atoms with E-state index in [9.17, 15) is 9.59 Å². The Labute approximate surface area is 150 Å². The first kappa shape index (κ1) is 18.0. The summed E-state index contributed by atoms with van der Waals surface area (Å²) in [5.74, 6) is 0.107. The fourth-order valence-electron chi connectivity index (χ4n) is 2.94. The summed E-state index contributed by atoms with van der Waals surface area (Å²) >= 11 is 0. The minimum atomic E-state index is -1.23. The third-order valence-electron chi connectivity index (χ3n) is 4.25. The monoisotopic (exact) mass is 359 g/mol. The molecule has 7 heteroatoms. The standard InChI is InChI=1S/C19H21NO6/c1-12-8-13-15-9-16(21)14(19(22)23)11-20(15)4-7-26-18(13)10-17(12)25-6-3-5-24-2/h8-11H,3-7H2,1-2H3,(H,22,23). The lowest BCUT2D eigenvalue weighted by molar-refractivity contribution is 0.0694. The lowest BCUT2D eigenvalue weighted by atomic mass is 10.0. The summed E-state index contributed by atoms with van der Waals surface area (Å²) in [4.78, 5) is 23.4. The van der Waals surface area contributed by atoms with Gasteiger partial charge < -0.3 is 23.9 Å². The number of ether oxygens (including phenoxy) is 3. The number of hydrogen-bond acceptors (Lipinski definition) is 5. The van der Waals surface area contributed by atoms with E-state index in [-0.39, 0.29) is 5.56 Å². The Kier molecular flexibility index (Phi) is 5.27. The van der Waals surface area contributed by atoms with Gasteiger partial charge in [-0.05, 0) is 18.6 Å². The van der Waals surface area contributed by atoms with Gasteiger partial charge in [0.15, 0.2) is 5.43 Å². The summed E-state index contributed by atoms with van der Waals surface area (Å²) in [6.07, 6.45) is 2.16. The summed E-state index contributed by atoms with van der Waals surface area (Å²) in [5, 5.41) is 9.16. The van der Waals surface area contributed by atoms with Gasteiger partial charge in [0.25, 0.3) is 0 Å². The number of rotatable bonds is 6. The van der Waals surface area contributed by atoms with E-state index >= 15 is 0 Å². The average Bonchev–Trinajstić information content (AvgIpc) is 2.77. The molecule has 7 nitrogen and oxygen atoms in total. The number of carbonyl (C=O) groups is 1. The normalized spacial score (nSPS) is 12.5. The number of aromatic nitrogens is 1. The van der Waals surface area contributed by atoms with Gasteiger partial charge in [-0.15, -0.1) is 0 Å². The molecule has 0 aliphatic carbocycles. The Morgan fingerprint density at radius 1 is 1.31 bits per heavy atom. The lowest BCUT2D eigenvalue weighted by Crippen LogP contribution is -2.19. The summed E-state index contributed by atoms with van der Waals surface area (Å²) in [5.41, 5.74) is 1.54. The van der Waals surface area contributed by atoms with Crippen molar-refractivity contribution in [2.45, 2.75) is 19.9 Å². The van der Waals surface area contributed by atoms with Crippen molar-refractivity contribution in [3.05, 3.63) is 45.7 Å². The molecule has 0 unspecified atom stereocenters. The van der Waals surface area contributed by atoms with Gasteiger partial charge in [0, 0.05) is 44.0 Å². The number of aryl methyl sites for hydroxylation is 1. The van der Waals surface area contributed by atoms with Crippen LogP contribution in [0.3, 0.4) is 0 Å². The maximum absolute atomic E-state index is 12.1. The van der Waals surface area contributed by atoms with Crippen LogP contribution >= 0.6 is 0 Å². The predicted molar refractivity (Wildman–Crippen MR) is 95.3 cm³/mol. The van der Waals surface area contributed by atoms with E-state index in [0.29, 0.717) is 37.8 Å². The molecule has 0 fully saturated rings. The van der Waals surface area contributed by atoms with Gasteiger partial charge in [-0.2, -0.15) is 0 Å². The Hall–Kier alpha value is -2.80. The summed E-state index contributed by atoms with van der Waals surface area (Å²) in [7, 11) is 1.65. The molecule has 0 atom stereocenters. The number of fused-ring (bicyclic) bond motifs is 3. The topological polar surface area (TPSA) is 87.0 Å². The first-order valence-corrected chi connectivity index (χ1v) is 8.38. The highest BCUT2D eigenvalue weighted by Crippen LogP contribution is 2.37. The molecular formula is C19H21NO6. The molecule has 1 aromatic heterocycles. The fourth-order valence-corrected chi connectivity index (χ4v) is 2.94. The Morgan fingerprint density at radius 3 is 2.85 bits per heavy atom. The number of benzene rings is 1. The molecule has 1 N–H and O–H groups in total. The molecular weight excluding hydrogens is 338 g/mol. The second-order valence-electron chi connectivity index (χ2n) is 6.09. The van der Waals surface area contributed by atoms with Gasteiger partial charge in [-0.1, -0.05) is 0 Å². The van der Waals surface area contributed by atoms with Crippen molar-refractivity contribution in [3.63, 3.8) is 0 Å². The maximum atomic E-state index is 12.1. The van der Waals surface area contributed by atoms with Crippen molar-refractivity contribution in [1.82, 2.24) is 4.57 Å². The molecule has 138 valence electrons. The highest BCUT2D eigenvalue weighted by Gasteiger charge is 2.20. The molecule has 0 saturated carbocycles. The predicted octanol–water partition coefficient (Wildman–Crippen LogP) is 2.33. The van der Waals surface area contributed by atoms with Crippen LogP contribution in [-0.2, 0) is 11.3 Å². The quantitative estimate of drug-likeness (QED) is 0.797. The van der Waals surface area contributed by atoms with Crippen LogP contribution in [0, 0.1) is 6.92 Å². The molecule has 2 aromatic rings. The zero-order chi connectivity index (χ0) is 18.7. The second kappa shape index (κ2) is 7.61. The van der Waals surface area contributed by atoms with E-state index in [1.807, 2.05) is 19.1 Å². The molecule has 0 radical (unpaired) electrons. The summed E-state index contributed by atoms with van der Waals surface area (Å²) in [6, 6.07) is 5.08. The highest BCUT2D eigenvalue weighted by atomic mass is 16.5. The van der Waals surface area contributed by atoms with Gasteiger partial charge in [-0.3, -0.25) is 4.79 Å². The van der Waals surface area contributed by atoms with E-state index in [1.165, 1.54) is 12.3 Å². The van der Waals surface area contributed by atoms with Crippen LogP contribution in [-0.4, -0.2) is 42.6 Å². The zero-order valence-corrected chi connectivity index (χ0v) is 14.8. The molecule has 0 spiro atoms. The molecule has 26 heavy (non-hydrogen) atoms. The van der Waals surface area contributed by atoms with Crippen molar-refractivity contribution in [2.75, 3.05) is 26.9 Å². The number of hydrogen-bond donors (Lipinski definition) is 1. The molecule has 1 aliphatic heterocycles. The Morgan fingerprint density at radius 2 is 2.12 bits per heavy atom. The van der Waals surface area contributed by atoms with E-state index < -0.39 is 11.4 Å². The van der Waals surface area contributed by atoms with Gasteiger partial charge in [0.2, 0.25) is 0 Å². The molecule has 2 heterocycles. The van der Waals surface area contributed by atoms with Crippen LogP contribution in [0.1, 0.15) is 22.3 Å². The first-order chi connectivity index (χ1) is 12.5. The number of carboxylic acids is 1. The van der Waals surface area contributed by atoms with Crippen LogP contribution in [0.4, 0.5) is 0 Å². The van der Waals surface area contributed by atoms with Crippen LogP contribution in [0.5, 0.6) is 11.5 Å². The minimum Gasteiger partial charge on any atom is -0.493 e. The fraction of sp³-hybridized carbons (Fsp3) is 0.368. The van der Waals surface area contributed by atoms with Crippen molar-refractivity contribution < 1.29 is 24.1 Å². The summed E-state index contributed by atoms with van der Waals surface area (Å²) in [6.45, 7) is 3.90. The zero-order valence-electron chi connectivity index (χ0n) is 14.8. The molecule has 0 saturated heterocycles. The van der Waals surface area contributed by atoms with Crippen LogP contribution in [0.2, 0.25) is 0 Å². The Bertz CT molecular complexity index is 886. The Balaban J connectivity index is 2.00. The third kappa shape index (κ3) is 3.57. The largest absolute Gasteiger partial charge is 0.493 e. The number of aromatic carboxylic acids is 1. The minimum absolute atomic E-state index is 0.244. The molecule has 3 rings (SSSR count). The summed E-state index contributed by atoms with van der Waals surface area (Å²) < 4.78 is 18.4. The van der Waals surface area contributed by atoms with E-state index in [1.54, 1.807) is 11.7 Å². The second-order valence-corrected chi connectivity index (χ2v) is 6.09. The van der Waals surface area contributed by atoms with Gasteiger partial charge >= 0.3 is 5.97 Å².